The number of ether oxygens (including phenoxy) is 1. The number of alkyl carbamates (subject to hydrolysis) is 1. The van der Waals surface area contributed by atoms with E-state index in [1.165, 1.54) is 0 Å². The Labute approximate surface area is 199 Å². The molecule has 2 aliphatic rings. The Morgan fingerprint density at radius 1 is 1.00 bits per heavy atom. The second-order valence-electron chi connectivity index (χ2n) is 8.83. The van der Waals surface area contributed by atoms with Gasteiger partial charge in [-0.2, -0.15) is 13.2 Å². The normalized spacial score (nSPS) is 20.0. The molecule has 3 N–H and O–H groups in total. The molecular weight excluding hydrogens is 465 g/mol. The van der Waals surface area contributed by atoms with Gasteiger partial charge in [0.1, 0.15) is 12.6 Å². The molecule has 2 aromatic carbocycles. The summed E-state index contributed by atoms with van der Waals surface area (Å²) in [5, 5.41) is 13.7. The van der Waals surface area contributed by atoms with Crippen molar-refractivity contribution in [3.8, 4) is 11.1 Å². The Balaban J connectivity index is 1.36. The molecule has 0 bridgehead atoms. The Morgan fingerprint density at radius 3 is 2.17 bits per heavy atom. The lowest BCUT2D eigenvalue weighted by atomic mass is 9.98. The van der Waals surface area contributed by atoms with Gasteiger partial charge in [-0.15, -0.1) is 0 Å². The van der Waals surface area contributed by atoms with Crippen LogP contribution in [0.5, 0.6) is 0 Å². The molecule has 2 aromatic rings. The highest BCUT2D eigenvalue weighted by Crippen LogP contribution is 2.44. The Bertz CT molecular complexity index is 1070. The number of hydrogen-bond donors (Lipinski definition) is 3. The van der Waals surface area contributed by atoms with E-state index < -0.39 is 48.6 Å². The number of fused-ring (bicyclic) bond motifs is 3. The van der Waals surface area contributed by atoms with Crippen LogP contribution in [0, 0.1) is 5.92 Å². The zero-order valence-corrected chi connectivity index (χ0v) is 18.7. The molecule has 0 saturated heterocycles. The predicted molar refractivity (Wildman–Crippen MR) is 120 cm³/mol. The third-order valence-corrected chi connectivity index (χ3v) is 6.55. The van der Waals surface area contributed by atoms with Crippen LogP contribution in [-0.2, 0) is 14.3 Å². The Hall–Kier alpha value is -3.56. The molecule has 0 aliphatic heterocycles. The summed E-state index contributed by atoms with van der Waals surface area (Å²) in [4.78, 5) is 36.3. The third kappa shape index (κ3) is 5.58. The summed E-state index contributed by atoms with van der Waals surface area (Å²) < 4.78 is 43.4. The highest BCUT2D eigenvalue weighted by atomic mass is 19.4. The van der Waals surface area contributed by atoms with Crippen molar-refractivity contribution >= 4 is 18.0 Å². The van der Waals surface area contributed by atoms with E-state index >= 15 is 0 Å². The lowest BCUT2D eigenvalue weighted by Gasteiger charge is -2.23. The highest BCUT2D eigenvalue weighted by molar-refractivity contribution is 5.86. The van der Waals surface area contributed by atoms with Gasteiger partial charge in [-0.1, -0.05) is 55.0 Å². The van der Waals surface area contributed by atoms with Crippen molar-refractivity contribution in [2.75, 3.05) is 6.61 Å². The van der Waals surface area contributed by atoms with E-state index in [-0.39, 0.29) is 12.5 Å². The molecule has 3 atom stereocenters. The molecule has 10 heteroatoms. The minimum absolute atomic E-state index is 0.0795. The van der Waals surface area contributed by atoms with Gasteiger partial charge in [0.2, 0.25) is 5.91 Å². The van der Waals surface area contributed by atoms with Crippen molar-refractivity contribution < 1.29 is 37.4 Å². The maximum absolute atomic E-state index is 12.7. The van der Waals surface area contributed by atoms with E-state index in [0.29, 0.717) is 19.3 Å². The van der Waals surface area contributed by atoms with Gasteiger partial charge in [-0.3, -0.25) is 4.79 Å². The van der Waals surface area contributed by atoms with Crippen LogP contribution < -0.4 is 10.6 Å². The molecule has 186 valence electrons. The van der Waals surface area contributed by atoms with Gasteiger partial charge in [-0.25, -0.2) is 9.59 Å². The second kappa shape index (κ2) is 9.97. The number of amides is 2. The molecule has 0 aromatic heterocycles. The molecule has 7 nitrogen and oxygen atoms in total. The summed E-state index contributed by atoms with van der Waals surface area (Å²) in [6.45, 7) is 0.0795. The number of benzene rings is 2. The van der Waals surface area contributed by atoms with Gasteiger partial charge in [0, 0.05) is 12.0 Å². The van der Waals surface area contributed by atoms with Gasteiger partial charge in [0.05, 0.1) is 12.3 Å². The summed E-state index contributed by atoms with van der Waals surface area (Å²) in [6, 6.07) is 13.0. The fourth-order valence-corrected chi connectivity index (χ4v) is 4.95. The smallest absolute Gasteiger partial charge is 0.407 e. The van der Waals surface area contributed by atoms with Crippen LogP contribution in [0.25, 0.3) is 11.1 Å². The molecule has 1 fully saturated rings. The first-order valence-electron chi connectivity index (χ1n) is 11.4. The largest absolute Gasteiger partial charge is 0.480 e. The number of carbonyl (C=O) groups excluding carboxylic acids is 2. The molecule has 1 saturated carbocycles. The predicted octanol–water partition coefficient (Wildman–Crippen LogP) is 4.22. The topological polar surface area (TPSA) is 105 Å². The second-order valence-corrected chi connectivity index (χ2v) is 8.83. The van der Waals surface area contributed by atoms with E-state index in [1.54, 1.807) is 0 Å². The summed E-state index contributed by atoms with van der Waals surface area (Å²) in [6.07, 6.45) is -5.85. The van der Waals surface area contributed by atoms with Crippen molar-refractivity contribution in [3.63, 3.8) is 0 Å². The van der Waals surface area contributed by atoms with Crippen LogP contribution in [0.1, 0.15) is 42.7 Å². The van der Waals surface area contributed by atoms with Crippen molar-refractivity contribution in [1.82, 2.24) is 10.6 Å². The van der Waals surface area contributed by atoms with Gasteiger partial charge in [0.15, 0.2) is 0 Å². The van der Waals surface area contributed by atoms with E-state index in [4.69, 9.17) is 9.84 Å². The minimum atomic E-state index is -4.75. The molecule has 2 aliphatic carbocycles. The van der Waals surface area contributed by atoms with Crippen LogP contribution in [0.15, 0.2) is 48.5 Å². The lowest BCUT2D eigenvalue weighted by molar-refractivity contribution is -0.160. The van der Waals surface area contributed by atoms with E-state index in [9.17, 15) is 27.6 Å². The first-order chi connectivity index (χ1) is 16.6. The number of carboxylic acid groups (broad SMARTS) is 1. The monoisotopic (exact) mass is 490 g/mol. The Kier molecular flexibility index (Phi) is 7.00. The van der Waals surface area contributed by atoms with E-state index in [0.717, 1.165) is 22.3 Å². The van der Waals surface area contributed by atoms with Crippen molar-refractivity contribution in [3.05, 3.63) is 59.7 Å². The number of carboxylic acids is 1. The molecule has 35 heavy (non-hydrogen) atoms. The van der Waals surface area contributed by atoms with Crippen LogP contribution in [0.3, 0.4) is 0 Å². The number of nitrogens with one attached hydrogen (secondary N) is 2. The minimum Gasteiger partial charge on any atom is -0.480 e. The first-order valence-corrected chi connectivity index (χ1v) is 11.4. The van der Waals surface area contributed by atoms with Crippen LogP contribution in [-0.4, -0.2) is 47.9 Å². The molecule has 4 rings (SSSR count). The molecule has 2 amide bonds. The fourth-order valence-electron chi connectivity index (χ4n) is 4.95. The number of aliphatic carboxylic acids is 1. The lowest BCUT2D eigenvalue weighted by Crippen LogP contribution is -2.50. The zero-order valence-electron chi connectivity index (χ0n) is 18.7. The van der Waals surface area contributed by atoms with E-state index in [1.807, 2.05) is 53.8 Å². The third-order valence-electron chi connectivity index (χ3n) is 6.55. The molecular formula is C25H25F3N2O5. The van der Waals surface area contributed by atoms with Gasteiger partial charge in [-0.05, 0) is 35.1 Å². The van der Waals surface area contributed by atoms with Crippen molar-refractivity contribution in [2.45, 2.75) is 49.9 Å². The number of hydrogen-bond acceptors (Lipinski definition) is 4. The summed E-state index contributed by atoms with van der Waals surface area (Å²) in [7, 11) is 0. The zero-order chi connectivity index (χ0) is 25.2. The number of rotatable bonds is 7. The quantitative estimate of drug-likeness (QED) is 0.539. The van der Waals surface area contributed by atoms with E-state index in [2.05, 4.69) is 5.32 Å². The number of carbonyl (C=O) groups is 3. The highest BCUT2D eigenvalue weighted by Gasteiger charge is 2.40. The maximum atomic E-state index is 12.7. The summed E-state index contributed by atoms with van der Waals surface area (Å²) in [5.41, 5.74) is 4.25. The van der Waals surface area contributed by atoms with Gasteiger partial charge in [0.25, 0.3) is 0 Å². The average Bonchev–Trinajstić information content (AvgIpc) is 3.39. The maximum Gasteiger partial charge on any atom is 0.407 e. The molecule has 0 spiro atoms. The first kappa shape index (κ1) is 24.6. The summed E-state index contributed by atoms with van der Waals surface area (Å²) in [5.74, 6) is -3.59. The van der Waals surface area contributed by atoms with Crippen molar-refractivity contribution in [2.24, 2.45) is 5.92 Å². The number of alkyl halides is 3. The average molecular weight is 490 g/mol. The number of halogens is 3. The standard InChI is InChI=1S/C25H25F3N2O5/c26-25(27,28)12-21(23(32)33)29-22(31)18-10-5-11-20(18)30-24(34)35-13-19-16-8-3-1-6-14(16)15-7-2-4-9-17(15)19/h1-4,6-9,18-21H,5,10-13H2,(H,29,31)(H,30,34)(H,32,33). The molecule has 0 radical (unpaired) electrons. The van der Waals surface area contributed by atoms with Crippen molar-refractivity contribution in [1.29, 1.82) is 0 Å². The fraction of sp³-hybridized carbons (Fsp3) is 0.400. The van der Waals surface area contributed by atoms with Gasteiger partial charge < -0.3 is 20.5 Å². The van der Waals surface area contributed by atoms with Crippen LogP contribution >= 0.6 is 0 Å². The SMILES string of the molecule is O=C(NC1CCCC1C(=O)NC(CC(F)(F)F)C(=O)O)OCC1c2ccccc2-c2ccccc21. The molecule has 0 heterocycles. The molecule has 3 unspecified atom stereocenters. The Morgan fingerprint density at radius 2 is 1.60 bits per heavy atom. The van der Waals surface area contributed by atoms with Crippen LogP contribution in [0.2, 0.25) is 0 Å². The van der Waals surface area contributed by atoms with Crippen LogP contribution in [0.4, 0.5) is 18.0 Å². The van der Waals surface area contributed by atoms with Gasteiger partial charge >= 0.3 is 18.2 Å². The summed E-state index contributed by atoms with van der Waals surface area (Å²) >= 11 is 0.